The van der Waals surface area contributed by atoms with Gasteiger partial charge in [0.2, 0.25) is 0 Å². The second-order valence-electron chi connectivity index (χ2n) is 5.21. The number of nitrogens with zero attached hydrogens (tertiary/aromatic N) is 4. The SMILES string of the molecule is CCCC(C)(C)n1nnnc1-c1ccc(Cl)cc1N. The molecule has 0 atom stereocenters. The lowest BCUT2D eigenvalue weighted by Gasteiger charge is -2.25. The van der Waals surface area contributed by atoms with Gasteiger partial charge in [0.25, 0.3) is 0 Å². The Bertz CT molecular complexity index is 576. The lowest BCUT2D eigenvalue weighted by molar-refractivity contribution is 0.290. The van der Waals surface area contributed by atoms with E-state index in [0.717, 1.165) is 18.4 Å². The normalized spacial score (nSPS) is 11.8. The molecule has 0 saturated carbocycles. The third-order valence-corrected chi connectivity index (χ3v) is 3.39. The lowest BCUT2D eigenvalue weighted by Crippen LogP contribution is -2.28. The summed E-state index contributed by atoms with van der Waals surface area (Å²) in [4.78, 5) is 0. The Morgan fingerprint density at radius 3 is 2.74 bits per heavy atom. The maximum absolute atomic E-state index is 6.01. The number of benzene rings is 1. The molecule has 0 amide bonds. The van der Waals surface area contributed by atoms with Gasteiger partial charge in [0.05, 0.1) is 5.54 Å². The van der Waals surface area contributed by atoms with Crippen LogP contribution in [0.5, 0.6) is 0 Å². The maximum Gasteiger partial charge on any atom is 0.184 e. The van der Waals surface area contributed by atoms with Crippen LogP contribution in [0.3, 0.4) is 0 Å². The molecule has 102 valence electrons. The van der Waals surface area contributed by atoms with Gasteiger partial charge < -0.3 is 5.73 Å². The maximum atomic E-state index is 6.01. The molecule has 0 fully saturated rings. The molecule has 1 aromatic heterocycles. The number of halogens is 1. The highest BCUT2D eigenvalue weighted by molar-refractivity contribution is 6.31. The number of hydrogen-bond acceptors (Lipinski definition) is 4. The van der Waals surface area contributed by atoms with E-state index in [2.05, 4.69) is 36.3 Å². The molecule has 0 bridgehead atoms. The quantitative estimate of drug-likeness (QED) is 0.873. The average molecular weight is 280 g/mol. The van der Waals surface area contributed by atoms with E-state index in [-0.39, 0.29) is 5.54 Å². The van der Waals surface area contributed by atoms with E-state index in [1.54, 1.807) is 12.1 Å². The Morgan fingerprint density at radius 2 is 2.11 bits per heavy atom. The number of nitrogen functional groups attached to an aromatic ring is 1. The summed E-state index contributed by atoms with van der Waals surface area (Å²) in [5.74, 6) is 0.674. The van der Waals surface area contributed by atoms with Crippen LogP contribution >= 0.6 is 11.6 Å². The smallest absolute Gasteiger partial charge is 0.184 e. The van der Waals surface area contributed by atoms with Crippen molar-refractivity contribution in [1.29, 1.82) is 0 Å². The van der Waals surface area contributed by atoms with Crippen LogP contribution in [0, 0.1) is 0 Å². The number of tetrazole rings is 1. The highest BCUT2D eigenvalue weighted by atomic mass is 35.5. The molecule has 1 aromatic carbocycles. The van der Waals surface area contributed by atoms with Gasteiger partial charge in [0.15, 0.2) is 5.82 Å². The van der Waals surface area contributed by atoms with Crippen LogP contribution in [0.15, 0.2) is 18.2 Å². The zero-order valence-electron chi connectivity index (χ0n) is 11.4. The summed E-state index contributed by atoms with van der Waals surface area (Å²) in [6, 6.07) is 5.35. The fourth-order valence-corrected chi connectivity index (χ4v) is 2.40. The predicted molar refractivity (Wildman–Crippen MR) is 76.9 cm³/mol. The number of aromatic nitrogens is 4. The summed E-state index contributed by atoms with van der Waals surface area (Å²) in [6.07, 6.45) is 2.04. The number of hydrogen-bond donors (Lipinski definition) is 1. The van der Waals surface area contributed by atoms with Crippen LogP contribution in [0.4, 0.5) is 5.69 Å². The summed E-state index contributed by atoms with van der Waals surface area (Å²) in [6.45, 7) is 6.37. The molecule has 5 nitrogen and oxygen atoms in total. The van der Waals surface area contributed by atoms with E-state index in [1.165, 1.54) is 0 Å². The zero-order chi connectivity index (χ0) is 14.0. The van der Waals surface area contributed by atoms with E-state index in [1.807, 2.05) is 10.7 Å². The zero-order valence-corrected chi connectivity index (χ0v) is 12.1. The molecule has 1 heterocycles. The molecule has 0 aliphatic rings. The minimum absolute atomic E-state index is 0.153. The molecule has 0 unspecified atom stereocenters. The summed E-state index contributed by atoms with van der Waals surface area (Å²) in [5.41, 5.74) is 7.24. The molecule has 19 heavy (non-hydrogen) atoms. The second-order valence-corrected chi connectivity index (χ2v) is 5.64. The minimum Gasteiger partial charge on any atom is -0.398 e. The summed E-state index contributed by atoms with van der Waals surface area (Å²) >= 11 is 5.92. The molecule has 6 heteroatoms. The van der Waals surface area contributed by atoms with Crippen LogP contribution in [-0.4, -0.2) is 20.2 Å². The first-order valence-corrected chi connectivity index (χ1v) is 6.68. The van der Waals surface area contributed by atoms with Gasteiger partial charge in [-0.1, -0.05) is 24.9 Å². The van der Waals surface area contributed by atoms with Crippen molar-refractivity contribution in [2.45, 2.75) is 39.2 Å². The first-order valence-electron chi connectivity index (χ1n) is 6.30. The first-order chi connectivity index (χ1) is 8.95. The summed E-state index contributed by atoms with van der Waals surface area (Å²) in [7, 11) is 0. The fourth-order valence-electron chi connectivity index (χ4n) is 2.22. The van der Waals surface area contributed by atoms with Crippen molar-refractivity contribution in [3.05, 3.63) is 23.2 Å². The molecule has 0 aliphatic carbocycles. The Hall–Kier alpha value is -1.62. The van der Waals surface area contributed by atoms with Gasteiger partial charge in [-0.2, -0.15) is 0 Å². The number of nitrogens with two attached hydrogens (primary N) is 1. The molecule has 2 aromatic rings. The molecule has 2 rings (SSSR count). The second kappa shape index (κ2) is 5.17. The van der Waals surface area contributed by atoms with Crippen molar-refractivity contribution < 1.29 is 0 Å². The summed E-state index contributed by atoms with van der Waals surface area (Å²) < 4.78 is 1.83. The number of anilines is 1. The van der Waals surface area contributed by atoms with E-state index >= 15 is 0 Å². The van der Waals surface area contributed by atoms with E-state index in [9.17, 15) is 0 Å². The van der Waals surface area contributed by atoms with Crippen LogP contribution in [-0.2, 0) is 5.54 Å². The molecule has 0 aliphatic heterocycles. The van der Waals surface area contributed by atoms with Crippen molar-refractivity contribution in [2.75, 3.05) is 5.73 Å². The predicted octanol–water partition coefficient (Wildman–Crippen LogP) is 3.11. The van der Waals surface area contributed by atoms with Crippen LogP contribution in [0.25, 0.3) is 11.4 Å². The Labute approximate surface area is 117 Å². The molecular formula is C13H18ClN5. The van der Waals surface area contributed by atoms with Gasteiger partial charge in [-0.25, -0.2) is 4.68 Å². The van der Waals surface area contributed by atoms with E-state index in [4.69, 9.17) is 17.3 Å². The highest BCUT2D eigenvalue weighted by Crippen LogP contribution is 2.30. The van der Waals surface area contributed by atoms with Gasteiger partial charge in [0, 0.05) is 16.3 Å². The molecular weight excluding hydrogens is 262 g/mol. The monoisotopic (exact) mass is 279 g/mol. The van der Waals surface area contributed by atoms with Gasteiger partial charge in [-0.15, -0.1) is 5.10 Å². The lowest BCUT2D eigenvalue weighted by atomic mass is 9.98. The standard InChI is InChI=1S/C13H18ClN5/c1-4-7-13(2,3)19-12(16-17-18-19)10-6-5-9(14)8-11(10)15/h5-6,8H,4,7,15H2,1-3H3. The van der Waals surface area contributed by atoms with Gasteiger partial charge in [-0.3, -0.25) is 0 Å². The molecule has 0 spiro atoms. The van der Waals surface area contributed by atoms with Crippen LogP contribution in [0.2, 0.25) is 5.02 Å². The van der Waals surface area contributed by atoms with E-state index < -0.39 is 0 Å². The van der Waals surface area contributed by atoms with Gasteiger partial charge >= 0.3 is 0 Å². The van der Waals surface area contributed by atoms with Crippen molar-refractivity contribution in [3.8, 4) is 11.4 Å². The molecule has 2 N–H and O–H groups in total. The summed E-state index contributed by atoms with van der Waals surface area (Å²) in [5, 5.41) is 12.6. The minimum atomic E-state index is -0.153. The van der Waals surface area contributed by atoms with Crippen molar-refractivity contribution in [3.63, 3.8) is 0 Å². The Kier molecular flexibility index (Phi) is 3.75. The van der Waals surface area contributed by atoms with Crippen molar-refractivity contribution in [1.82, 2.24) is 20.2 Å². The largest absolute Gasteiger partial charge is 0.398 e. The van der Waals surface area contributed by atoms with Crippen LogP contribution in [0.1, 0.15) is 33.6 Å². The Morgan fingerprint density at radius 1 is 1.37 bits per heavy atom. The van der Waals surface area contributed by atoms with Gasteiger partial charge in [-0.05, 0) is 48.9 Å². The average Bonchev–Trinajstić information content (AvgIpc) is 2.78. The highest BCUT2D eigenvalue weighted by Gasteiger charge is 2.25. The molecule has 0 radical (unpaired) electrons. The number of rotatable bonds is 4. The van der Waals surface area contributed by atoms with Crippen molar-refractivity contribution >= 4 is 17.3 Å². The third kappa shape index (κ3) is 2.71. The van der Waals surface area contributed by atoms with E-state index in [0.29, 0.717) is 16.5 Å². The topological polar surface area (TPSA) is 69.6 Å². The third-order valence-electron chi connectivity index (χ3n) is 3.16. The Balaban J connectivity index is 2.50. The first kappa shape index (κ1) is 13.8. The van der Waals surface area contributed by atoms with Gasteiger partial charge in [0.1, 0.15) is 0 Å². The molecule has 0 saturated heterocycles. The van der Waals surface area contributed by atoms with Crippen LogP contribution < -0.4 is 5.73 Å². The van der Waals surface area contributed by atoms with Crippen molar-refractivity contribution in [2.24, 2.45) is 0 Å². The fraction of sp³-hybridized carbons (Fsp3) is 0.462.